The van der Waals surface area contributed by atoms with Gasteiger partial charge in [-0.05, 0) is 33.2 Å². The van der Waals surface area contributed by atoms with Crippen LogP contribution in [0.2, 0.25) is 0 Å². The second kappa shape index (κ2) is 6.35. The number of nitrogens with one attached hydrogen (secondary N) is 1. The van der Waals surface area contributed by atoms with E-state index in [2.05, 4.69) is 5.32 Å². The lowest BCUT2D eigenvalue weighted by Gasteiger charge is -2.23. The van der Waals surface area contributed by atoms with Crippen molar-refractivity contribution in [3.63, 3.8) is 0 Å². The molecule has 1 unspecified atom stereocenters. The lowest BCUT2D eigenvalue weighted by molar-refractivity contribution is -0.0192. The third-order valence-corrected chi connectivity index (χ3v) is 2.14. The van der Waals surface area contributed by atoms with Crippen LogP contribution in [0.1, 0.15) is 26.7 Å². The van der Waals surface area contributed by atoms with E-state index in [1.54, 1.807) is 0 Å². The van der Waals surface area contributed by atoms with Crippen LogP contribution in [0.4, 0.5) is 0 Å². The fourth-order valence-corrected chi connectivity index (χ4v) is 1.46. The van der Waals surface area contributed by atoms with Crippen molar-refractivity contribution in [2.24, 2.45) is 0 Å². The molecule has 0 bridgehead atoms. The number of hydrogen-bond acceptors (Lipinski definition) is 3. The van der Waals surface area contributed by atoms with Gasteiger partial charge in [0.2, 0.25) is 0 Å². The van der Waals surface area contributed by atoms with Crippen molar-refractivity contribution in [3.8, 4) is 0 Å². The average Bonchev–Trinajstić information content (AvgIpc) is 2.14. The Labute approximate surface area is 80.8 Å². The van der Waals surface area contributed by atoms with Crippen molar-refractivity contribution >= 4 is 0 Å². The zero-order chi connectivity index (χ0) is 9.52. The van der Waals surface area contributed by atoms with Crippen LogP contribution in [-0.2, 0) is 9.47 Å². The Kier molecular flexibility index (Phi) is 5.35. The van der Waals surface area contributed by atoms with Gasteiger partial charge in [-0.2, -0.15) is 0 Å². The van der Waals surface area contributed by atoms with Gasteiger partial charge in [0.25, 0.3) is 0 Å². The molecule has 0 spiro atoms. The summed E-state index contributed by atoms with van der Waals surface area (Å²) in [4.78, 5) is 0. The first-order chi connectivity index (χ1) is 6.29. The zero-order valence-electron chi connectivity index (χ0n) is 8.71. The molecule has 1 rings (SSSR count). The molecule has 1 heterocycles. The number of ether oxygens (including phenoxy) is 2. The molecule has 0 aliphatic carbocycles. The average molecular weight is 187 g/mol. The minimum Gasteiger partial charge on any atom is -0.376 e. The summed E-state index contributed by atoms with van der Waals surface area (Å²) in [5, 5.41) is 3.32. The minimum absolute atomic E-state index is 0.313. The van der Waals surface area contributed by atoms with Gasteiger partial charge in [0.1, 0.15) is 0 Å². The molecule has 3 heteroatoms. The van der Waals surface area contributed by atoms with E-state index in [1.807, 2.05) is 13.8 Å². The van der Waals surface area contributed by atoms with Crippen LogP contribution in [-0.4, -0.2) is 38.5 Å². The van der Waals surface area contributed by atoms with E-state index in [-0.39, 0.29) is 0 Å². The van der Waals surface area contributed by atoms with Gasteiger partial charge in [-0.25, -0.2) is 0 Å². The number of hydrogen-bond donors (Lipinski definition) is 1. The monoisotopic (exact) mass is 187 g/mol. The topological polar surface area (TPSA) is 30.5 Å². The highest BCUT2D eigenvalue weighted by atomic mass is 16.5. The molecule has 1 atom stereocenters. The van der Waals surface area contributed by atoms with Gasteiger partial charge in [0, 0.05) is 6.54 Å². The van der Waals surface area contributed by atoms with Crippen LogP contribution in [0.25, 0.3) is 0 Å². The van der Waals surface area contributed by atoms with Gasteiger partial charge in [-0.3, -0.25) is 0 Å². The van der Waals surface area contributed by atoms with Crippen LogP contribution in [0.5, 0.6) is 0 Å². The molecule has 1 fully saturated rings. The molecular formula is C10H21NO2. The van der Waals surface area contributed by atoms with Crippen molar-refractivity contribution in [2.75, 3.05) is 26.3 Å². The molecule has 0 radical (unpaired) electrons. The molecule has 13 heavy (non-hydrogen) atoms. The summed E-state index contributed by atoms with van der Waals surface area (Å²) < 4.78 is 11.0. The van der Waals surface area contributed by atoms with E-state index in [9.17, 15) is 0 Å². The smallest absolute Gasteiger partial charge is 0.0705 e. The van der Waals surface area contributed by atoms with E-state index in [1.165, 1.54) is 12.8 Å². The van der Waals surface area contributed by atoms with Gasteiger partial charge >= 0.3 is 0 Å². The van der Waals surface area contributed by atoms with E-state index in [0.29, 0.717) is 18.8 Å². The van der Waals surface area contributed by atoms with Crippen molar-refractivity contribution < 1.29 is 9.47 Å². The Balaban J connectivity index is 1.92. The highest BCUT2D eigenvalue weighted by Crippen LogP contribution is 2.05. The van der Waals surface area contributed by atoms with E-state index >= 15 is 0 Å². The Morgan fingerprint density at radius 2 is 2.23 bits per heavy atom. The first kappa shape index (κ1) is 11.0. The third kappa shape index (κ3) is 5.24. The fraction of sp³-hybridized carbons (Fsp3) is 1.00. The summed E-state index contributed by atoms with van der Waals surface area (Å²) >= 11 is 0. The van der Waals surface area contributed by atoms with Gasteiger partial charge in [-0.15, -0.1) is 0 Å². The predicted molar refractivity (Wildman–Crippen MR) is 52.9 cm³/mol. The predicted octanol–water partition coefficient (Wildman–Crippen LogP) is 1.18. The third-order valence-electron chi connectivity index (χ3n) is 2.14. The number of rotatable bonds is 5. The maximum absolute atomic E-state index is 5.65. The second-order valence-corrected chi connectivity index (χ2v) is 3.76. The molecular weight excluding hydrogens is 166 g/mol. The fourth-order valence-electron chi connectivity index (χ4n) is 1.46. The first-order valence-corrected chi connectivity index (χ1v) is 5.23. The minimum atomic E-state index is 0.313. The molecule has 1 aliphatic heterocycles. The van der Waals surface area contributed by atoms with Crippen LogP contribution < -0.4 is 5.32 Å². The summed E-state index contributed by atoms with van der Waals surface area (Å²) in [7, 11) is 0. The molecule has 0 saturated carbocycles. The van der Waals surface area contributed by atoms with Crippen molar-refractivity contribution in [1.82, 2.24) is 5.32 Å². The molecule has 78 valence electrons. The Morgan fingerprint density at radius 1 is 1.38 bits per heavy atom. The zero-order valence-corrected chi connectivity index (χ0v) is 8.71. The van der Waals surface area contributed by atoms with E-state index in [0.717, 1.165) is 19.7 Å². The normalized spacial score (nSPS) is 23.8. The highest BCUT2D eigenvalue weighted by Gasteiger charge is 2.12. The summed E-state index contributed by atoms with van der Waals surface area (Å²) in [6.45, 7) is 7.67. The van der Waals surface area contributed by atoms with Crippen LogP contribution >= 0.6 is 0 Å². The Morgan fingerprint density at radius 3 is 2.85 bits per heavy atom. The molecule has 1 aliphatic rings. The second-order valence-electron chi connectivity index (χ2n) is 3.76. The maximum atomic E-state index is 5.65. The Bertz CT molecular complexity index is 122. The Hall–Kier alpha value is -0.120. The van der Waals surface area contributed by atoms with Crippen molar-refractivity contribution in [1.29, 1.82) is 0 Å². The van der Waals surface area contributed by atoms with Crippen LogP contribution in [0, 0.1) is 0 Å². The van der Waals surface area contributed by atoms with Gasteiger partial charge < -0.3 is 14.8 Å². The summed E-state index contributed by atoms with van der Waals surface area (Å²) in [6, 6.07) is 0. The quantitative estimate of drug-likeness (QED) is 0.656. The standard InChI is InChI=1S/C10H21NO2/c1-9(2)12-6-7-13-10-4-3-5-11-8-10/h9-11H,3-8H2,1-2H3. The van der Waals surface area contributed by atoms with E-state index < -0.39 is 0 Å². The SMILES string of the molecule is CC(C)OCCOC1CCCNC1. The summed E-state index contributed by atoms with van der Waals surface area (Å²) in [5.74, 6) is 0. The molecule has 3 nitrogen and oxygen atoms in total. The highest BCUT2D eigenvalue weighted by molar-refractivity contribution is 4.68. The molecule has 0 aromatic carbocycles. The molecule has 1 saturated heterocycles. The van der Waals surface area contributed by atoms with Crippen molar-refractivity contribution in [3.05, 3.63) is 0 Å². The molecule has 0 aromatic rings. The van der Waals surface area contributed by atoms with Gasteiger partial charge in [0.05, 0.1) is 25.4 Å². The largest absolute Gasteiger partial charge is 0.376 e. The first-order valence-electron chi connectivity index (χ1n) is 5.23. The number of piperidine rings is 1. The maximum Gasteiger partial charge on any atom is 0.0705 e. The van der Waals surface area contributed by atoms with E-state index in [4.69, 9.17) is 9.47 Å². The molecule has 1 N–H and O–H groups in total. The van der Waals surface area contributed by atoms with Gasteiger partial charge in [-0.1, -0.05) is 0 Å². The van der Waals surface area contributed by atoms with Gasteiger partial charge in [0.15, 0.2) is 0 Å². The lowest BCUT2D eigenvalue weighted by atomic mass is 10.1. The van der Waals surface area contributed by atoms with Crippen LogP contribution in [0.3, 0.4) is 0 Å². The molecule has 0 amide bonds. The summed E-state index contributed by atoms with van der Waals surface area (Å²) in [5.41, 5.74) is 0. The van der Waals surface area contributed by atoms with Crippen LogP contribution in [0.15, 0.2) is 0 Å². The lowest BCUT2D eigenvalue weighted by Crippen LogP contribution is -2.36. The summed E-state index contributed by atoms with van der Waals surface area (Å²) in [6.07, 6.45) is 3.14. The molecule has 0 aromatic heterocycles. The van der Waals surface area contributed by atoms with Crippen molar-refractivity contribution in [2.45, 2.75) is 38.9 Å².